The highest BCUT2D eigenvalue weighted by Crippen LogP contribution is 2.37. The van der Waals surface area contributed by atoms with E-state index in [2.05, 4.69) is 47.7 Å². The lowest BCUT2D eigenvalue weighted by Crippen LogP contribution is -2.34. The largest absolute Gasteiger partial charge is 0.435 e. The highest BCUT2D eigenvalue weighted by atomic mass is 28.3. The Kier molecular flexibility index (Phi) is 6.39. The van der Waals surface area contributed by atoms with Gasteiger partial charge in [0.1, 0.15) is 0 Å². The normalized spacial score (nSPS) is 13.7. The molecule has 0 aliphatic carbocycles. The van der Waals surface area contributed by atoms with Crippen molar-refractivity contribution in [3.05, 3.63) is 65.7 Å². The SMILES string of the molecule is CCCC(CO[Si]O[Si])(c1ccccc1)c1cccc(N)c1. The number of hydrogen-bond donors (Lipinski definition) is 1. The van der Waals surface area contributed by atoms with Crippen LogP contribution in [0.4, 0.5) is 5.69 Å². The van der Waals surface area contributed by atoms with Gasteiger partial charge in [-0.3, -0.25) is 0 Å². The molecule has 5 radical (unpaired) electrons. The summed E-state index contributed by atoms with van der Waals surface area (Å²) >= 11 is 0. The van der Waals surface area contributed by atoms with Gasteiger partial charge in [0, 0.05) is 17.7 Å². The zero-order chi connectivity index (χ0) is 15.8. The molecule has 3 nitrogen and oxygen atoms in total. The van der Waals surface area contributed by atoms with E-state index in [-0.39, 0.29) is 15.4 Å². The molecule has 1 atom stereocenters. The minimum absolute atomic E-state index is 0.0378. The van der Waals surface area contributed by atoms with E-state index in [0.29, 0.717) is 6.61 Å². The average molecular weight is 327 g/mol. The summed E-state index contributed by atoms with van der Waals surface area (Å²) in [6.07, 6.45) is 2.03. The second-order valence-corrected chi connectivity index (χ2v) is 6.57. The van der Waals surface area contributed by atoms with Crippen molar-refractivity contribution < 1.29 is 8.54 Å². The number of nitrogen functional groups attached to an aromatic ring is 1. The van der Waals surface area contributed by atoms with E-state index in [1.165, 1.54) is 11.1 Å². The van der Waals surface area contributed by atoms with Gasteiger partial charge in [-0.1, -0.05) is 55.8 Å². The fraction of sp³-hybridized carbons (Fsp3) is 0.294. The molecule has 5 heteroatoms. The Bertz CT molecular complexity index is 580. The van der Waals surface area contributed by atoms with Gasteiger partial charge in [-0.25, -0.2) is 0 Å². The van der Waals surface area contributed by atoms with E-state index >= 15 is 0 Å². The lowest BCUT2D eigenvalue weighted by Gasteiger charge is -2.35. The van der Waals surface area contributed by atoms with Gasteiger partial charge in [0.25, 0.3) is 0 Å². The molecule has 0 heterocycles. The number of rotatable bonds is 8. The van der Waals surface area contributed by atoms with Crippen molar-refractivity contribution >= 4 is 26.2 Å². The van der Waals surface area contributed by atoms with Crippen molar-refractivity contribution in [1.29, 1.82) is 0 Å². The van der Waals surface area contributed by atoms with Gasteiger partial charge < -0.3 is 14.3 Å². The molecule has 0 bridgehead atoms. The molecule has 1 unspecified atom stereocenters. The monoisotopic (exact) mass is 326 g/mol. The maximum absolute atomic E-state index is 6.01. The van der Waals surface area contributed by atoms with E-state index in [9.17, 15) is 0 Å². The predicted molar refractivity (Wildman–Crippen MR) is 91.5 cm³/mol. The maximum atomic E-state index is 6.01. The Hall–Kier alpha value is -1.41. The number of anilines is 1. The van der Waals surface area contributed by atoms with Gasteiger partial charge >= 0.3 is 10.0 Å². The zero-order valence-electron chi connectivity index (χ0n) is 12.7. The van der Waals surface area contributed by atoms with Gasteiger partial charge in [0.05, 0.1) is 0 Å². The van der Waals surface area contributed by atoms with E-state index < -0.39 is 0 Å². The first-order chi connectivity index (χ1) is 10.7. The van der Waals surface area contributed by atoms with Crippen LogP contribution >= 0.6 is 0 Å². The molecule has 0 fully saturated rings. The van der Waals surface area contributed by atoms with Crippen LogP contribution in [-0.2, 0) is 14.0 Å². The van der Waals surface area contributed by atoms with E-state index in [1.807, 2.05) is 24.3 Å². The minimum atomic E-state index is -0.219. The molecule has 0 saturated heterocycles. The van der Waals surface area contributed by atoms with E-state index in [0.717, 1.165) is 18.5 Å². The minimum Gasteiger partial charge on any atom is -0.435 e. The van der Waals surface area contributed by atoms with Crippen molar-refractivity contribution in [3.8, 4) is 0 Å². The summed E-state index contributed by atoms with van der Waals surface area (Å²) in [6.45, 7) is 2.74. The summed E-state index contributed by atoms with van der Waals surface area (Å²) in [5.41, 5.74) is 8.98. The quantitative estimate of drug-likeness (QED) is 0.461. The van der Waals surface area contributed by atoms with Crippen LogP contribution in [0.15, 0.2) is 54.6 Å². The molecule has 22 heavy (non-hydrogen) atoms. The van der Waals surface area contributed by atoms with Crippen LogP contribution in [0.5, 0.6) is 0 Å². The first kappa shape index (κ1) is 17.0. The zero-order valence-corrected chi connectivity index (χ0v) is 14.7. The molecule has 0 spiro atoms. The van der Waals surface area contributed by atoms with Crippen LogP contribution in [0.3, 0.4) is 0 Å². The number of nitrogens with two attached hydrogens (primary N) is 1. The molecule has 2 aromatic rings. The molecule has 0 amide bonds. The van der Waals surface area contributed by atoms with Crippen molar-refractivity contribution in [1.82, 2.24) is 0 Å². The van der Waals surface area contributed by atoms with Crippen LogP contribution in [0.25, 0.3) is 0 Å². The van der Waals surface area contributed by atoms with Crippen LogP contribution in [0, 0.1) is 0 Å². The average Bonchev–Trinajstić information content (AvgIpc) is 2.55. The molecule has 0 saturated carbocycles. The molecule has 0 aliphatic rings. The second kappa shape index (κ2) is 8.29. The molecule has 2 N–H and O–H groups in total. The Labute approximate surface area is 138 Å². The van der Waals surface area contributed by atoms with E-state index in [1.54, 1.807) is 0 Å². The Morgan fingerprint density at radius 3 is 2.45 bits per heavy atom. The van der Waals surface area contributed by atoms with Crippen molar-refractivity contribution in [2.24, 2.45) is 0 Å². The number of benzene rings is 2. The third kappa shape index (κ3) is 3.86. The standard InChI is InChI=1S/C17H20NO2Si2/c1-2-11-17(13-19-22-20-21,14-7-4-3-5-8-14)15-9-6-10-16(18)12-15/h3-10,12H,2,11,13,18H2,1H3. The smallest absolute Gasteiger partial charge is 0.421 e. The summed E-state index contributed by atoms with van der Waals surface area (Å²) in [5, 5.41) is 0. The molecule has 2 rings (SSSR count). The van der Waals surface area contributed by atoms with E-state index in [4.69, 9.17) is 14.3 Å². The number of hydrogen-bond acceptors (Lipinski definition) is 3. The molecule has 113 valence electrons. The van der Waals surface area contributed by atoms with Crippen LogP contribution in [0.1, 0.15) is 30.9 Å². The van der Waals surface area contributed by atoms with Gasteiger partial charge in [-0.2, -0.15) is 0 Å². The fourth-order valence-electron chi connectivity index (χ4n) is 2.90. The highest BCUT2D eigenvalue weighted by Gasteiger charge is 2.34. The summed E-state index contributed by atoms with van der Waals surface area (Å²) in [7, 11) is 2.96. The lowest BCUT2D eigenvalue weighted by atomic mass is 9.72. The molecule has 2 aromatic carbocycles. The third-order valence-corrected chi connectivity index (χ3v) is 4.46. The van der Waals surface area contributed by atoms with Crippen molar-refractivity contribution in [3.63, 3.8) is 0 Å². The summed E-state index contributed by atoms with van der Waals surface area (Å²) in [6, 6.07) is 18.5. The second-order valence-electron chi connectivity index (χ2n) is 5.30. The van der Waals surface area contributed by atoms with Gasteiger partial charge in [-0.15, -0.1) is 0 Å². The molecular formula is C17H20NO2Si2. The first-order valence-corrected chi connectivity index (χ1v) is 8.56. The van der Waals surface area contributed by atoms with Crippen molar-refractivity contribution in [2.75, 3.05) is 12.3 Å². The van der Waals surface area contributed by atoms with Gasteiger partial charge in [0.2, 0.25) is 10.5 Å². The highest BCUT2D eigenvalue weighted by molar-refractivity contribution is 6.27. The van der Waals surface area contributed by atoms with Crippen molar-refractivity contribution in [2.45, 2.75) is 25.2 Å². The molecular weight excluding hydrogens is 306 g/mol. The Morgan fingerprint density at radius 2 is 1.82 bits per heavy atom. The molecule has 0 aromatic heterocycles. The lowest BCUT2D eigenvalue weighted by molar-refractivity contribution is 0.219. The van der Waals surface area contributed by atoms with Gasteiger partial charge in [-0.05, 0) is 29.7 Å². The van der Waals surface area contributed by atoms with Gasteiger partial charge in [0.15, 0.2) is 0 Å². The topological polar surface area (TPSA) is 44.5 Å². The Balaban J connectivity index is 2.49. The van der Waals surface area contributed by atoms with Crippen LogP contribution in [-0.4, -0.2) is 27.1 Å². The van der Waals surface area contributed by atoms with Crippen LogP contribution < -0.4 is 5.73 Å². The Morgan fingerprint density at radius 1 is 1.09 bits per heavy atom. The first-order valence-electron chi connectivity index (χ1n) is 7.34. The molecule has 0 aliphatic heterocycles. The fourth-order valence-corrected chi connectivity index (χ4v) is 3.44. The predicted octanol–water partition coefficient (Wildman–Crippen LogP) is 3.01. The third-order valence-electron chi connectivity index (χ3n) is 3.86. The summed E-state index contributed by atoms with van der Waals surface area (Å²) in [5.74, 6) is 0. The van der Waals surface area contributed by atoms with Crippen LogP contribution in [0.2, 0.25) is 0 Å². The summed E-state index contributed by atoms with van der Waals surface area (Å²) in [4.78, 5) is 0. The maximum Gasteiger partial charge on any atom is 0.421 e. The summed E-state index contributed by atoms with van der Waals surface area (Å²) < 4.78 is 10.7.